The van der Waals surface area contributed by atoms with Crippen molar-refractivity contribution in [2.45, 2.75) is 38.5 Å². The Hall–Kier alpha value is -1.34. The molecule has 1 saturated heterocycles. The van der Waals surface area contributed by atoms with Crippen LogP contribution in [0.15, 0.2) is 4.90 Å². The van der Waals surface area contributed by atoms with Crippen molar-refractivity contribution in [2.75, 3.05) is 19.7 Å². The Bertz CT molecular complexity index is 655. The third kappa shape index (κ3) is 2.60. The maximum absolute atomic E-state index is 12.9. The van der Waals surface area contributed by atoms with Gasteiger partial charge in [-0.25, -0.2) is 13.2 Å². The lowest BCUT2D eigenvalue weighted by Gasteiger charge is -2.16. The zero-order valence-corrected chi connectivity index (χ0v) is 13.8. The Morgan fingerprint density at radius 1 is 1.19 bits per heavy atom. The van der Waals surface area contributed by atoms with Gasteiger partial charge in [0.2, 0.25) is 10.0 Å². The number of carbonyl (C=O) groups is 1. The van der Waals surface area contributed by atoms with E-state index in [1.165, 1.54) is 4.31 Å². The molecule has 0 aliphatic carbocycles. The van der Waals surface area contributed by atoms with Crippen molar-refractivity contribution in [3.8, 4) is 0 Å². The molecule has 0 aromatic carbocycles. The Morgan fingerprint density at radius 2 is 1.76 bits per heavy atom. The predicted molar refractivity (Wildman–Crippen MR) is 78.8 cm³/mol. The first-order valence-electron chi connectivity index (χ1n) is 7.15. The predicted octanol–water partition coefficient (Wildman–Crippen LogP) is 1.60. The monoisotopic (exact) mass is 314 g/mol. The average molecular weight is 314 g/mol. The maximum Gasteiger partial charge on any atom is 0.341 e. The average Bonchev–Trinajstić information content (AvgIpc) is 3.03. The van der Waals surface area contributed by atoms with Crippen LogP contribution in [0.2, 0.25) is 0 Å². The van der Waals surface area contributed by atoms with Crippen molar-refractivity contribution in [1.29, 1.82) is 0 Å². The number of aromatic nitrogens is 1. The van der Waals surface area contributed by atoms with E-state index in [4.69, 9.17) is 4.74 Å². The van der Waals surface area contributed by atoms with Crippen molar-refractivity contribution in [2.24, 2.45) is 7.05 Å². The first-order valence-corrected chi connectivity index (χ1v) is 8.59. The quantitative estimate of drug-likeness (QED) is 0.792. The fourth-order valence-electron chi connectivity index (χ4n) is 2.73. The molecule has 0 saturated carbocycles. The normalized spacial score (nSPS) is 16.4. The molecule has 7 heteroatoms. The van der Waals surface area contributed by atoms with Gasteiger partial charge in [0.1, 0.15) is 10.5 Å². The molecule has 0 amide bonds. The summed E-state index contributed by atoms with van der Waals surface area (Å²) in [5.41, 5.74) is 1.36. The molecule has 0 N–H and O–H groups in total. The first-order chi connectivity index (χ1) is 9.82. The summed E-state index contributed by atoms with van der Waals surface area (Å²) in [6.07, 6.45) is 1.72. The van der Waals surface area contributed by atoms with E-state index in [1.54, 1.807) is 32.4 Å². The third-order valence-corrected chi connectivity index (χ3v) is 6.13. The molecule has 1 fully saturated rings. The Labute approximate surface area is 125 Å². The summed E-state index contributed by atoms with van der Waals surface area (Å²) in [5, 5.41) is 0. The van der Waals surface area contributed by atoms with Crippen LogP contribution in [0.4, 0.5) is 0 Å². The van der Waals surface area contributed by atoms with Gasteiger partial charge in [-0.05, 0) is 33.6 Å². The van der Waals surface area contributed by atoms with E-state index in [1.807, 2.05) is 0 Å². The lowest BCUT2D eigenvalue weighted by Crippen LogP contribution is -2.29. The smallest absolute Gasteiger partial charge is 0.341 e. The molecular weight excluding hydrogens is 292 g/mol. The van der Waals surface area contributed by atoms with Crippen LogP contribution in [-0.2, 0) is 21.8 Å². The molecular formula is C14H22N2O4S. The van der Waals surface area contributed by atoms with E-state index in [0.29, 0.717) is 24.5 Å². The van der Waals surface area contributed by atoms with Gasteiger partial charge >= 0.3 is 5.97 Å². The van der Waals surface area contributed by atoms with Gasteiger partial charge in [-0.1, -0.05) is 0 Å². The van der Waals surface area contributed by atoms with Gasteiger partial charge in [0.05, 0.1) is 6.61 Å². The van der Waals surface area contributed by atoms with Crippen LogP contribution >= 0.6 is 0 Å². The Balaban J connectivity index is 2.62. The van der Waals surface area contributed by atoms with Gasteiger partial charge in [-0.2, -0.15) is 4.31 Å². The molecule has 0 bridgehead atoms. The fraction of sp³-hybridized carbons (Fsp3) is 0.643. The number of esters is 1. The molecule has 0 atom stereocenters. The molecule has 2 heterocycles. The van der Waals surface area contributed by atoms with Crippen molar-refractivity contribution >= 4 is 16.0 Å². The zero-order valence-electron chi connectivity index (χ0n) is 13.0. The lowest BCUT2D eigenvalue weighted by atomic mass is 10.2. The molecule has 0 spiro atoms. The highest BCUT2D eigenvalue weighted by Gasteiger charge is 2.36. The van der Waals surface area contributed by atoms with E-state index < -0.39 is 16.0 Å². The van der Waals surface area contributed by atoms with Crippen LogP contribution in [0, 0.1) is 13.8 Å². The van der Waals surface area contributed by atoms with Gasteiger partial charge < -0.3 is 9.30 Å². The molecule has 21 heavy (non-hydrogen) atoms. The first kappa shape index (κ1) is 16.0. The van der Waals surface area contributed by atoms with E-state index >= 15 is 0 Å². The standard InChI is InChI=1S/C14H22N2O4S/c1-5-20-14(17)12-10(2)15(4)11(3)13(12)21(18,19)16-8-6-7-9-16/h5-9H2,1-4H3. The molecule has 1 aromatic rings. The topological polar surface area (TPSA) is 68.6 Å². The molecule has 2 rings (SSSR count). The number of nitrogens with zero attached hydrogens (tertiary/aromatic N) is 2. The van der Waals surface area contributed by atoms with E-state index in [2.05, 4.69) is 0 Å². The number of sulfonamides is 1. The molecule has 0 unspecified atom stereocenters. The second-order valence-electron chi connectivity index (χ2n) is 5.27. The maximum atomic E-state index is 12.9. The van der Waals surface area contributed by atoms with Crippen LogP contribution in [0.3, 0.4) is 0 Å². The second-order valence-corrected chi connectivity index (χ2v) is 7.14. The van der Waals surface area contributed by atoms with E-state index in [9.17, 15) is 13.2 Å². The molecule has 1 aromatic heterocycles. The number of hydrogen-bond donors (Lipinski definition) is 0. The Morgan fingerprint density at radius 3 is 2.29 bits per heavy atom. The summed E-state index contributed by atoms with van der Waals surface area (Å²) in [7, 11) is -1.89. The van der Waals surface area contributed by atoms with Gasteiger partial charge in [-0.3, -0.25) is 0 Å². The minimum Gasteiger partial charge on any atom is -0.462 e. The summed E-state index contributed by atoms with van der Waals surface area (Å²) in [4.78, 5) is 12.3. The molecule has 1 aliphatic rings. The lowest BCUT2D eigenvalue weighted by molar-refractivity contribution is 0.0521. The number of ether oxygens (including phenoxy) is 1. The van der Waals surface area contributed by atoms with Crippen LogP contribution in [0.25, 0.3) is 0 Å². The Kier molecular flexibility index (Phi) is 4.43. The number of rotatable bonds is 4. The van der Waals surface area contributed by atoms with E-state index in [-0.39, 0.29) is 17.1 Å². The van der Waals surface area contributed by atoms with E-state index in [0.717, 1.165) is 12.8 Å². The zero-order chi connectivity index (χ0) is 15.8. The second kappa shape index (κ2) is 5.81. The summed E-state index contributed by atoms with van der Waals surface area (Å²) < 4.78 is 33.9. The van der Waals surface area contributed by atoms with Gasteiger partial charge in [0, 0.05) is 31.5 Å². The van der Waals surface area contributed by atoms with Crippen molar-refractivity contribution < 1.29 is 17.9 Å². The third-order valence-electron chi connectivity index (χ3n) is 4.07. The molecule has 1 aliphatic heterocycles. The summed E-state index contributed by atoms with van der Waals surface area (Å²) in [6, 6.07) is 0. The number of hydrogen-bond acceptors (Lipinski definition) is 4. The van der Waals surface area contributed by atoms with Gasteiger partial charge in [0.15, 0.2) is 0 Å². The summed E-state index contributed by atoms with van der Waals surface area (Å²) >= 11 is 0. The summed E-state index contributed by atoms with van der Waals surface area (Å²) in [6.45, 7) is 6.41. The summed E-state index contributed by atoms with van der Waals surface area (Å²) in [5.74, 6) is -0.573. The van der Waals surface area contributed by atoms with Crippen LogP contribution in [-0.4, -0.2) is 43.0 Å². The minimum atomic E-state index is -3.65. The van der Waals surface area contributed by atoms with Crippen molar-refractivity contribution in [1.82, 2.24) is 8.87 Å². The highest BCUT2D eigenvalue weighted by atomic mass is 32.2. The van der Waals surface area contributed by atoms with Gasteiger partial charge in [0.25, 0.3) is 0 Å². The SMILES string of the molecule is CCOC(=O)c1c(S(=O)(=O)N2CCCC2)c(C)n(C)c1C. The van der Waals surface area contributed by atoms with Crippen LogP contribution in [0.5, 0.6) is 0 Å². The fourth-order valence-corrected chi connectivity index (χ4v) is 4.73. The van der Waals surface area contributed by atoms with Gasteiger partial charge in [-0.15, -0.1) is 0 Å². The highest BCUT2D eigenvalue weighted by molar-refractivity contribution is 7.89. The van der Waals surface area contributed by atoms with Crippen LogP contribution in [0.1, 0.15) is 41.5 Å². The van der Waals surface area contributed by atoms with Crippen molar-refractivity contribution in [3.05, 3.63) is 17.0 Å². The minimum absolute atomic E-state index is 0.0999. The van der Waals surface area contributed by atoms with Crippen molar-refractivity contribution in [3.63, 3.8) is 0 Å². The largest absolute Gasteiger partial charge is 0.462 e. The molecule has 118 valence electrons. The highest BCUT2D eigenvalue weighted by Crippen LogP contribution is 2.31. The molecule has 0 radical (unpaired) electrons. The molecule has 6 nitrogen and oxygen atoms in total. The number of carbonyl (C=O) groups excluding carboxylic acids is 1. The van der Waals surface area contributed by atoms with Crippen LogP contribution < -0.4 is 0 Å².